The molecule has 0 aromatic heterocycles. The molecule has 1 rings (SSSR count). The summed E-state index contributed by atoms with van der Waals surface area (Å²) >= 11 is 0. The molecule has 3 nitrogen and oxygen atoms in total. The van der Waals surface area contributed by atoms with Gasteiger partial charge in [-0.25, -0.2) is 4.79 Å². The molecule has 0 aromatic carbocycles. The van der Waals surface area contributed by atoms with E-state index in [0.29, 0.717) is 18.8 Å². The van der Waals surface area contributed by atoms with Crippen molar-refractivity contribution >= 4 is 5.97 Å². The number of esters is 1. The molecule has 1 saturated heterocycles. The summed E-state index contributed by atoms with van der Waals surface area (Å²) in [6.07, 6.45) is 2.65. The number of hydrogen-bond acceptors (Lipinski definition) is 3. The van der Waals surface area contributed by atoms with Crippen molar-refractivity contribution < 1.29 is 14.3 Å². The fraction of sp³-hybridized carbons (Fsp3) is 0.727. The van der Waals surface area contributed by atoms with Gasteiger partial charge in [-0.1, -0.05) is 20.4 Å². The van der Waals surface area contributed by atoms with Gasteiger partial charge in [0.2, 0.25) is 0 Å². The molecule has 0 atom stereocenters. The Morgan fingerprint density at radius 1 is 1.43 bits per heavy atom. The predicted molar refractivity (Wildman–Crippen MR) is 54.0 cm³/mol. The third-order valence-electron chi connectivity index (χ3n) is 2.92. The van der Waals surface area contributed by atoms with Crippen molar-refractivity contribution in [2.45, 2.75) is 38.7 Å². The zero-order chi connectivity index (χ0) is 10.6. The topological polar surface area (TPSA) is 35.5 Å². The van der Waals surface area contributed by atoms with Crippen LogP contribution in [0.15, 0.2) is 12.2 Å². The first-order valence-electron chi connectivity index (χ1n) is 5.12. The van der Waals surface area contributed by atoms with E-state index < -0.39 is 0 Å². The van der Waals surface area contributed by atoms with E-state index >= 15 is 0 Å². The van der Waals surface area contributed by atoms with Gasteiger partial charge in [0.1, 0.15) is 0 Å². The lowest BCUT2D eigenvalue weighted by Crippen LogP contribution is -2.36. The molecule has 0 bridgehead atoms. The van der Waals surface area contributed by atoms with E-state index in [9.17, 15) is 4.79 Å². The van der Waals surface area contributed by atoms with E-state index in [1.54, 1.807) is 0 Å². The smallest absolute Gasteiger partial charge is 0.335 e. The first kappa shape index (κ1) is 11.2. The minimum Gasteiger partial charge on any atom is -0.462 e. The van der Waals surface area contributed by atoms with Crippen molar-refractivity contribution in [1.82, 2.24) is 0 Å². The number of cyclic esters (lactones) is 1. The third-order valence-corrected chi connectivity index (χ3v) is 2.92. The van der Waals surface area contributed by atoms with Crippen molar-refractivity contribution in [3.63, 3.8) is 0 Å². The monoisotopic (exact) mass is 198 g/mol. The molecule has 0 aromatic rings. The molecule has 0 radical (unpaired) electrons. The van der Waals surface area contributed by atoms with Gasteiger partial charge in [0.05, 0.1) is 24.4 Å². The Kier molecular flexibility index (Phi) is 3.69. The SMILES string of the molecule is C=C1COC(CC)(CC)CCOC1=O. The first-order valence-corrected chi connectivity index (χ1v) is 5.12. The van der Waals surface area contributed by atoms with Crippen LogP contribution < -0.4 is 0 Å². The number of ether oxygens (including phenoxy) is 2. The standard InChI is InChI=1S/C11H18O3/c1-4-11(5-2)6-7-13-10(12)9(3)8-14-11/h3-8H2,1-2H3. The molecule has 1 aliphatic rings. The van der Waals surface area contributed by atoms with Gasteiger partial charge < -0.3 is 9.47 Å². The van der Waals surface area contributed by atoms with Gasteiger partial charge in [0.25, 0.3) is 0 Å². The quantitative estimate of drug-likeness (QED) is 0.503. The highest BCUT2D eigenvalue weighted by Crippen LogP contribution is 2.27. The highest BCUT2D eigenvalue weighted by molar-refractivity contribution is 5.88. The summed E-state index contributed by atoms with van der Waals surface area (Å²) in [4.78, 5) is 11.2. The number of carbonyl (C=O) groups excluding carboxylic acids is 1. The van der Waals surface area contributed by atoms with Gasteiger partial charge in [-0.05, 0) is 12.8 Å². The summed E-state index contributed by atoms with van der Waals surface area (Å²) < 4.78 is 10.8. The molecular weight excluding hydrogens is 180 g/mol. The maximum Gasteiger partial charge on any atom is 0.335 e. The minimum atomic E-state index is -0.328. The second-order valence-electron chi connectivity index (χ2n) is 3.67. The van der Waals surface area contributed by atoms with Gasteiger partial charge in [0.15, 0.2) is 0 Å². The van der Waals surface area contributed by atoms with Crippen LogP contribution in [0.25, 0.3) is 0 Å². The summed E-state index contributed by atoms with van der Waals surface area (Å²) in [5.74, 6) is -0.328. The van der Waals surface area contributed by atoms with Crippen LogP contribution in [-0.2, 0) is 14.3 Å². The normalized spacial score (nSPS) is 22.4. The molecule has 0 aliphatic carbocycles. The molecule has 0 unspecified atom stereocenters. The number of carbonyl (C=O) groups is 1. The van der Waals surface area contributed by atoms with Gasteiger partial charge in [0, 0.05) is 6.42 Å². The van der Waals surface area contributed by atoms with E-state index in [1.807, 2.05) is 0 Å². The van der Waals surface area contributed by atoms with Gasteiger partial charge in [-0.15, -0.1) is 0 Å². The Hall–Kier alpha value is -0.830. The zero-order valence-electron chi connectivity index (χ0n) is 8.97. The highest BCUT2D eigenvalue weighted by Gasteiger charge is 2.30. The first-order chi connectivity index (χ1) is 6.63. The lowest BCUT2D eigenvalue weighted by molar-refractivity contribution is -0.147. The van der Waals surface area contributed by atoms with Crippen molar-refractivity contribution in [3.8, 4) is 0 Å². The highest BCUT2D eigenvalue weighted by atomic mass is 16.5. The molecule has 0 amide bonds. The number of hydrogen-bond donors (Lipinski definition) is 0. The van der Waals surface area contributed by atoms with Crippen LogP contribution in [0.1, 0.15) is 33.1 Å². The predicted octanol–water partition coefficient (Wildman–Crippen LogP) is 2.06. The van der Waals surface area contributed by atoms with Crippen LogP contribution in [0, 0.1) is 0 Å². The second-order valence-corrected chi connectivity index (χ2v) is 3.67. The van der Waals surface area contributed by atoms with Crippen LogP contribution >= 0.6 is 0 Å². The van der Waals surface area contributed by atoms with E-state index in [0.717, 1.165) is 19.3 Å². The molecular formula is C11H18O3. The van der Waals surface area contributed by atoms with Crippen LogP contribution in [0.4, 0.5) is 0 Å². The lowest BCUT2D eigenvalue weighted by Gasteiger charge is -2.33. The van der Waals surface area contributed by atoms with Crippen molar-refractivity contribution in [2.24, 2.45) is 0 Å². The summed E-state index contributed by atoms with van der Waals surface area (Å²) in [6.45, 7) is 8.54. The fourth-order valence-electron chi connectivity index (χ4n) is 1.61. The third kappa shape index (κ3) is 2.35. The Morgan fingerprint density at radius 2 is 2.07 bits per heavy atom. The summed E-state index contributed by atoms with van der Waals surface area (Å²) in [7, 11) is 0. The molecule has 0 spiro atoms. The summed E-state index contributed by atoms with van der Waals surface area (Å²) in [6, 6.07) is 0. The maximum absolute atomic E-state index is 11.2. The van der Waals surface area contributed by atoms with Crippen molar-refractivity contribution in [3.05, 3.63) is 12.2 Å². The van der Waals surface area contributed by atoms with E-state index in [2.05, 4.69) is 20.4 Å². The molecule has 3 heteroatoms. The average molecular weight is 198 g/mol. The Labute approximate surface area is 85.1 Å². The van der Waals surface area contributed by atoms with E-state index in [-0.39, 0.29) is 11.6 Å². The molecule has 1 aliphatic heterocycles. The Morgan fingerprint density at radius 3 is 2.64 bits per heavy atom. The Balaban J connectivity index is 2.67. The molecule has 0 saturated carbocycles. The molecule has 14 heavy (non-hydrogen) atoms. The molecule has 0 N–H and O–H groups in total. The van der Waals surface area contributed by atoms with E-state index in [4.69, 9.17) is 9.47 Å². The van der Waals surface area contributed by atoms with Crippen LogP contribution in [0.2, 0.25) is 0 Å². The molecule has 80 valence electrons. The van der Waals surface area contributed by atoms with Gasteiger partial charge in [-0.3, -0.25) is 0 Å². The zero-order valence-corrected chi connectivity index (χ0v) is 8.97. The lowest BCUT2D eigenvalue weighted by atomic mass is 9.93. The van der Waals surface area contributed by atoms with Crippen molar-refractivity contribution in [2.75, 3.05) is 13.2 Å². The van der Waals surface area contributed by atoms with Crippen LogP contribution in [0.5, 0.6) is 0 Å². The second kappa shape index (κ2) is 4.60. The maximum atomic E-state index is 11.2. The molecule has 1 fully saturated rings. The van der Waals surface area contributed by atoms with Crippen LogP contribution in [0.3, 0.4) is 0 Å². The van der Waals surface area contributed by atoms with Gasteiger partial charge >= 0.3 is 5.97 Å². The fourth-order valence-corrected chi connectivity index (χ4v) is 1.61. The van der Waals surface area contributed by atoms with E-state index in [1.165, 1.54) is 0 Å². The average Bonchev–Trinajstić information content (AvgIpc) is 2.21. The number of rotatable bonds is 2. The summed E-state index contributed by atoms with van der Waals surface area (Å²) in [5, 5.41) is 0. The molecule has 1 heterocycles. The summed E-state index contributed by atoms with van der Waals surface area (Å²) in [5.41, 5.74) is 0.278. The van der Waals surface area contributed by atoms with Crippen LogP contribution in [-0.4, -0.2) is 24.8 Å². The minimum absolute atomic E-state index is 0.135. The largest absolute Gasteiger partial charge is 0.462 e. The van der Waals surface area contributed by atoms with Crippen molar-refractivity contribution in [1.29, 1.82) is 0 Å². The van der Waals surface area contributed by atoms with Gasteiger partial charge in [-0.2, -0.15) is 0 Å². The Bertz CT molecular complexity index is 229.